The van der Waals surface area contributed by atoms with Crippen molar-refractivity contribution in [1.82, 2.24) is 0 Å². The fraction of sp³-hybridized carbons (Fsp3) is 0.171. The lowest BCUT2D eigenvalue weighted by Crippen LogP contribution is -2.07. The average Bonchev–Trinajstić information content (AvgIpc) is 2.96. The quantitative estimate of drug-likeness (QED) is 0.208. The summed E-state index contributed by atoms with van der Waals surface area (Å²) in [7, 11) is 1.63. The molecule has 0 saturated heterocycles. The summed E-state index contributed by atoms with van der Waals surface area (Å²) in [6.07, 6.45) is 0. The monoisotopic (exact) mass is 514 g/mol. The minimum absolute atomic E-state index is 0.267. The van der Waals surface area contributed by atoms with E-state index >= 15 is 0 Å². The highest BCUT2D eigenvalue weighted by molar-refractivity contribution is 5.91. The Bertz CT molecular complexity index is 1470. The highest BCUT2D eigenvalue weighted by atomic mass is 16.5. The molecule has 39 heavy (non-hydrogen) atoms. The first-order valence-corrected chi connectivity index (χ1v) is 12.7. The number of rotatable bonds is 6. The number of carbonyl (C=O) groups is 1. The third kappa shape index (κ3) is 7.54. The van der Waals surface area contributed by atoms with Crippen LogP contribution in [0, 0.1) is 37.5 Å². The van der Waals surface area contributed by atoms with Crippen molar-refractivity contribution in [3.8, 4) is 35.2 Å². The maximum absolute atomic E-state index is 12.8. The van der Waals surface area contributed by atoms with E-state index in [0.29, 0.717) is 29.0 Å². The highest BCUT2D eigenvalue weighted by Gasteiger charge is 2.16. The minimum Gasteiger partial charge on any atom is -0.497 e. The summed E-state index contributed by atoms with van der Waals surface area (Å²) >= 11 is 0. The van der Waals surface area contributed by atoms with Gasteiger partial charge in [0.1, 0.15) is 12.4 Å². The third-order valence-corrected chi connectivity index (χ3v) is 5.93. The molecule has 0 spiro atoms. The third-order valence-electron chi connectivity index (χ3n) is 5.93. The van der Waals surface area contributed by atoms with Crippen LogP contribution in [0.5, 0.6) is 11.5 Å². The van der Waals surface area contributed by atoms with E-state index < -0.39 is 5.97 Å². The first kappa shape index (κ1) is 27.1. The second-order valence-electron chi connectivity index (χ2n) is 8.99. The molecule has 0 saturated carbocycles. The van der Waals surface area contributed by atoms with Crippen LogP contribution in [0.2, 0.25) is 0 Å². The number of methoxy groups -OCH3 is 1. The first-order valence-electron chi connectivity index (χ1n) is 12.7. The largest absolute Gasteiger partial charge is 0.497 e. The van der Waals surface area contributed by atoms with Crippen LogP contribution in [-0.2, 0) is 11.3 Å². The van der Waals surface area contributed by atoms with Gasteiger partial charge in [-0.05, 0) is 74.9 Å². The molecule has 0 bridgehead atoms. The second-order valence-corrected chi connectivity index (χ2v) is 8.99. The molecule has 4 heteroatoms. The van der Waals surface area contributed by atoms with E-state index in [1.165, 1.54) is 0 Å². The summed E-state index contributed by atoms with van der Waals surface area (Å²) in [5, 5.41) is 0. The van der Waals surface area contributed by atoms with Crippen LogP contribution in [0.3, 0.4) is 0 Å². The fourth-order valence-electron chi connectivity index (χ4n) is 3.73. The summed E-state index contributed by atoms with van der Waals surface area (Å²) in [5.74, 6) is 13.7. The van der Waals surface area contributed by atoms with Crippen LogP contribution < -0.4 is 9.47 Å². The smallest absolute Gasteiger partial charge is 0.338 e. The van der Waals surface area contributed by atoms with Gasteiger partial charge in [-0.25, -0.2) is 4.79 Å². The van der Waals surface area contributed by atoms with Crippen molar-refractivity contribution < 1.29 is 19.0 Å². The summed E-state index contributed by atoms with van der Waals surface area (Å²) in [5.41, 5.74) is 6.47. The molecule has 0 fully saturated rings. The van der Waals surface area contributed by atoms with E-state index in [1.807, 2.05) is 86.6 Å². The Morgan fingerprint density at radius 3 is 1.69 bits per heavy atom. The summed E-state index contributed by atoms with van der Waals surface area (Å²) < 4.78 is 16.9. The SMILES string of the molecule is CCOC(=O)c1cc(C#Cc2ccc(C)cc2)c(OCc2ccc(OC)cc2)c(C#Cc2ccc(C)cc2)c1. The first-order chi connectivity index (χ1) is 18.9. The number of esters is 1. The lowest BCUT2D eigenvalue weighted by atomic mass is 10.0. The van der Waals surface area contributed by atoms with Crippen molar-refractivity contribution in [2.45, 2.75) is 27.4 Å². The standard InChI is InChI=1S/C35H30O4/c1-5-38-35(36)32-22-30(18-14-27-10-6-25(2)7-11-27)34(39-24-29-16-20-33(37-4)21-17-29)31(23-32)19-15-28-12-8-26(3)9-13-28/h6-13,16-17,20-23H,5,24H2,1-4H3. The molecule has 194 valence electrons. The Hall–Kier alpha value is -4.93. The molecule has 0 amide bonds. The minimum atomic E-state index is -0.434. The van der Waals surface area contributed by atoms with Gasteiger partial charge >= 0.3 is 5.97 Å². The normalized spacial score (nSPS) is 9.95. The molecule has 0 aliphatic rings. The van der Waals surface area contributed by atoms with Crippen LogP contribution in [-0.4, -0.2) is 19.7 Å². The molecule has 0 aliphatic carbocycles. The van der Waals surface area contributed by atoms with Crippen molar-refractivity contribution in [2.24, 2.45) is 0 Å². The molecule has 4 aromatic rings. The Balaban J connectivity index is 1.81. The van der Waals surface area contributed by atoms with Gasteiger partial charge in [0.15, 0.2) is 5.75 Å². The Morgan fingerprint density at radius 1 is 0.718 bits per heavy atom. The van der Waals surface area contributed by atoms with Gasteiger partial charge in [-0.2, -0.15) is 0 Å². The number of hydrogen-bond donors (Lipinski definition) is 0. The zero-order valence-corrected chi connectivity index (χ0v) is 22.6. The lowest BCUT2D eigenvalue weighted by molar-refractivity contribution is 0.0526. The molecule has 0 N–H and O–H groups in total. The summed E-state index contributed by atoms with van der Waals surface area (Å²) in [6.45, 7) is 6.40. The van der Waals surface area contributed by atoms with E-state index in [2.05, 4.69) is 23.7 Å². The van der Waals surface area contributed by atoms with Crippen molar-refractivity contribution in [2.75, 3.05) is 13.7 Å². The highest BCUT2D eigenvalue weighted by Crippen LogP contribution is 2.27. The number of benzene rings is 4. The van der Waals surface area contributed by atoms with Gasteiger partial charge in [0, 0.05) is 11.1 Å². The van der Waals surface area contributed by atoms with Crippen LogP contribution in [0.15, 0.2) is 84.9 Å². The number of aryl methyl sites for hydroxylation is 2. The van der Waals surface area contributed by atoms with E-state index in [4.69, 9.17) is 14.2 Å². The lowest BCUT2D eigenvalue weighted by Gasteiger charge is -2.13. The van der Waals surface area contributed by atoms with E-state index in [9.17, 15) is 4.79 Å². The van der Waals surface area contributed by atoms with Crippen LogP contribution in [0.1, 0.15) is 56.2 Å². The molecule has 0 unspecified atom stereocenters. The second kappa shape index (κ2) is 13.0. The maximum atomic E-state index is 12.8. The van der Waals surface area contributed by atoms with Crippen molar-refractivity contribution >= 4 is 5.97 Å². The molecule has 4 nitrogen and oxygen atoms in total. The van der Waals surface area contributed by atoms with Crippen LogP contribution in [0.25, 0.3) is 0 Å². The van der Waals surface area contributed by atoms with Crippen molar-refractivity contribution in [3.63, 3.8) is 0 Å². The number of hydrogen-bond acceptors (Lipinski definition) is 4. The number of carbonyl (C=O) groups excluding carboxylic acids is 1. The van der Waals surface area contributed by atoms with E-state index in [1.54, 1.807) is 26.2 Å². The summed E-state index contributed by atoms with van der Waals surface area (Å²) in [6, 6.07) is 27.0. The zero-order chi connectivity index (χ0) is 27.6. The van der Waals surface area contributed by atoms with Crippen LogP contribution in [0.4, 0.5) is 0 Å². The van der Waals surface area contributed by atoms with Gasteiger partial charge in [0.25, 0.3) is 0 Å². The van der Waals surface area contributed by atoms with Gasteiger partial charge < -0.3 is 14.2 Å². The van der Waals surface area contributed by atoms with Gasteiger partial charge in [-0.1, -0.05) is 71.2 Å². The van der Waals surface area contributed by atoms with Gasteiger partial charge in [0.05, 0.1) is 30.4 Å². The predicted molar refractivity (Wildman–Crippen MR) is 154 cm³/mol. The zero-order valence-electron chi connectivity index (χ0n) is 22.6. The van der Waals surface area contributed by atoms with Gasteiger partial charge in [0.2, 0.25) is 0 Å². The molecule has 0 aliphatic heterocycles. The molecule has 4 rings (SSSR count). The molecule has 0 radical (unpaired) electrons. The molecular weight excluding hydrogens is 484 g/mol. The molecule has 0 aromatic heterocycles. The average molecular weight is 515 g/mol. The molecule has 0 heterocycles. The van der Waals surface area contributed by atoms with E-state index in [-0.39, 0.29) is 6.61 Å². The predicted octanol–water partition coefficient (Wildman–Crippen LogP) is 6.87. The van der Waals surface area contributed by atoms with Gasteiger partial charge in [-0.3, -0.25) is 0 Å². The number of ether oxygens (including phenoxy) is 3. The Kier molecular flexibility index (Phi) is 9.07. The fourth-order valence-corrected chi connectivity index (χ4v) is 3.73. The molecule has 0 atom stereocenters. The molecular formula is C35H30O4. The van der Waals surface area contributed by atoms with Gasteiger partial charge in [-0.15, -0.1) is 0 Å². The Morgan fingerprint density at radius 2 is 1.23 bits per heavy atom. The molecule has 4 aromatic carbocycles. The van der Waals surface area contributed by atoms with Crippen LogP contribution >= 0.6 is 0 Å². The van der Waals surface area contributed by atoms with Crippen molar-refractivity contribution in [1.29, 1.82) is 0 Å². The van der Waals surface area contributed by atoms with Crippen molar-refractivity contribution in [3.05, 3.63) is 129 Å². The topological polar surface area (TPSA) is 44.8 Å². The maximum Gasteiger partial charge on any atom is 0.338 e. The summed E-state index contributed by atoms with van der Waals surface area (Å²) in [4.78, 5) is 12.8. The van der Waals surface area contributed by atoms with E-state index in [0.717, 1.165) is 33.6 Å². The Labute approximate surface area is 230 Å².